The van der Waals surface area contributed by atoms with Crippen molar-refractivity contribution in [1.82, 2.24) is 4.57 Å². The van der Waals surface area contributed by atoms with E-state index in [9.17, 15) is 4.79 Å². The predicted molar refractivity (Wildman–Crippen MR) is 68.0 cm³/mol. The zero-order chi connectivity index (χ0) is 13.2. The minimum Gasteiger partial charge on any atom is -0.382 e. The number of Topliss-reactive ketones (excluding diaryl/α,β-unsaturated/α-hetero) is 1. The molecule has 5 heteroatoms. The second-order valence-corrected chi connectivity index (χ2v) is 3.86. The minimum absolute atomic E-state index is 0.0721. The largest absolute Gasteiger partial charge is 0.382 e. The van der Waals surface area contributed by atoms with E-state index in [2.05, 4.69) is 0 Å². The summed E-state index contributed by atoms with van der Waals surface area (Å²) in [6.07, 6.45) is 1.88. The first-order chi connectivity index (χ1) is 8.75. The first kappa shape index (κ1) is 14.9. The van der Waals surface area contributed by atoms with E-state index in [4.69, 9.17) is 14.2 Å². The van der Waals surface area contributed by atoms with Crippen molar-refractivity contribution >= 4 is 5.78 Å². The molecule has 1 heterocycles. The third kappa shape index (κ3) is 5.44. The second kappa shape index (κ2) is 8.85. The lowest BCUT2D eigenvalue weighted by Gasteiger charge is -2.08. The Kier molecular flexibility index (Phi) is 7.32. The zero-order valence-electron chi connectivity index (χ0n) is 11.1. The van der Waals surface area contributed by atoms with Crippen molar-refractivity contribution in [2.75, 3.05) is 40.1 Å². The molecule has 0 N–H and O–H groups in total. The molecule has 1 aromatic heterocycles. The van der Waals surface area contributed by atoms with Crippen LogP contribution < -0.4 is 0 Å². The van der Waals surface area contributed by atoms with Crippen LogP contribution in [0.15, 0.2) is 18.3 Å². The Hall–Kier alpha value is -1.17. The van der Waals surface area contributed by atoms with Crippen molar-refractivity contribution in [3.05, 3.63) is 24.0 Å². The number of ether oxygens (including phenoxy) is 3. The Balaban J connectivity index is 2.07. The van der Waals surface area contributed by atoms with Gasteiger partial charge in [-0.15, -0.1) is 0 Å². The Morgan fingerprint density at radius 1 is 1.17 bits per heavy atom. The quantitative estimate of drug-likeness (QED) is 0.468. The summed E-state index contributed by atoms with van der Waals surface area (Å²) in [6.45, 7) is 5.13. The number of carbonyl (C=O) groups is 1. The average Bonchev–Trinajstić information content (AvgIpc) is 2.81. The van der Waals surface area contributed by atoms with Gasteiger partial charge in [-0.25, -0.2) is 0 Å². The van der Waals surface area contributed by atoms with Crippen LogP contribution in [0.4, 0.5) is 0 Å². The number of hydrogen-bond acceptors (Lipinski definition) is 4. The molecule has 0 aromatic carbocycles. The highest BCUT2D eigenvalue weighted by molar-refractivity contribution is 5.92. The van der Waals surface area contributed by atoms with Gasteiger partial charge >= 0.3 is 0 Å². The van der Waals surface area contributed by atoms with Crippen LogP contribution in [0.5, 0.6) is 0 Å². The van der Waals surface area contributed by atoms with E-state index >= 15 is 0 Å². The van der Waals surface area contributed by atoms with Gasteiger partial charge in [0.05, 0.1) is 38.7 Å². The van der Waals surface area contributed by atoms with E-state index in [-0.39, 0.29) is 5.78 Å². The molecule has 0 aliphatic heterocycles. The van der Waals surface area contributed by atoms with Gasteiger partial charge in [0.25, 0.3) is 0 Å². The van der Waals surface area contributed by atoms with Crippen LogP contribution in [0.3, 0.4) is 0 Å². The van der Waals surface area contributed by atoms with Crippen molar-refractivity contribution < 1.29 is 19.0 Å². The number of nitrogens with zero attached hydrogens (tertiary/aromatic N) is 1. The molecule has 0 atom stereocenters. The van der Waals surface area contributed by atoms with Crippen molar-refractivity contribution in [2.45, 2.75) is 13.5 Å². The highest BCUT2D eigenvalue weighted by Crippen LogP contribution is 2.02. The number of hydrogen-bond donors (Lipinski definition) is 0. The van der Waals surface area contributed by atoms with E-state index in [1.165, 1.54) is 0 Å². The maximum absolute atomic E-state index is 11.3. The van der Waals surface area contributed by atoms with Gasteiger partial charge in [-0.1, -0.05) is 0 Å². The number of methoxy groups -OCH3 is 1. The summed E-state index contributed by atoms with van der Waals surface area (Å²) in [5.41, 5.74) is 0.718. The number of ketones is 1. The molecule has 0 aliphatic rings. The molecule has 0 unspecified atom stereocenters. The van der Waals surface area contributed by atoms with E-state index in [1.54, 1.807) is 14.0 Å². The third-order valence-corrected chi connectivity index (χ3v) is 2.47. The van der Waals surface area contributed by atoms with Gasteiger partial charge in [0.15, 0.2) is 5.78 Å². The van der Waals surface area contributed by atoms with E-state index in [0.717, 1.165) is 5.69 Å². The van der Waals surface area contributed by atoms with E-state index in [0.29, 0.717) is 39.6 Å². The summed E-state index contributed by atoms with van der Waals surface area (Å²) in [5, 5.41) is 0. The summed E-state index contributed by atoms with van der Waals surface area (Å²) < 4.78 is 17.4. The van der Waals surface area contributed by atoms with Crippen LogP contribution >= 0.6 is 0 Å². The standard InChI is InChI=1S/C13H21NO4/c1-12(15)13-4-3-5-14(13)6-7-17-10-11-18-9-8-16-2/h3-5H,6-11H2,1-2H3. The maximum atomic E-state index is 11.3. The molecule has 1 rings (SSSR count). The molecular formula is C13H21NO4. The fraction of sp³-hybridized carbons (Fsp3) is 0.615. The molecule has 0 amide bonds. The molecule has 18 heavy (non-hydrogen) atoms. The summed E-state index contributed by atoms with van der Waals surface area (Å²) in [4.78, 5) is 11.3. The molecule has 0 saturated carbocycles. The van der Waals surface area contributed by atoms with Crippen molar-refractivity contribution in [3.63, 3.8) is 0 Å². The normalized spacial score (nSPS) is 10.8. The first-order valence-electron chi connectivity index (χ1n) is 6.06. The Morgan fingerprint density at radius 2 is 1.83 bits per heavy atom. The summed E-state index contributed by atoms with van der Waals surface area (Å²) >= 11 is 0. The van der Waals surface area contributed by atoms with E-state index in [1.807, 2.05) is 22.9 Å². The van der Waals surface area contributed by atoms with Gasteiger partial charge in [0.1, 0.15) is 0 Å². The molecule has 5 nitrogen and oxygen atoms in total. The highest BCUT2D eigenvalue weighted by atomic mass is 16.5. The molecule has 102 valence electrons. The van der Waals surface area contributed by atoms with Gasteiger partial charge in [0.2, 0.25) is 0 Å². The van der Waals surface area contributed by atoms with Crippen LogP contribution in [0.2, 0.25) is 0 Å². The molecule has 1 aromatic rings. The number of aromatic nitrogens is 1. The fourth-order valence-electron chi connectivity index (χ4n) is 1.56. The molecule has 0 saturated heterocycles. The van der Waals surface area contributed by atoms with Crippen LogP contribution in [-0.2, 0) is 20.8 Å². The first-order valence-corrected chi connectivity index (χ1v) is 6.06. The molecule has 0 spiro atoms. The van der Waals surface area contributed by atoms with Crippen LogP contribution in [-0.4, -0.2) is 50.5 Å². The monoisotopic (exact) mass is 255 g/mol. The lowest BCUT2D eigenvalue weighted by molar-refractivity contribution is 0.0230. The smallest absolute Gasteiger partial charge is 0.176 e. The number of rotatable bonds is 10. The van der Waals surface area contributed by atoms with Crippen LogP contribution in [0.1, 0.15) is 17.4 Å². The molecular weight excluding hydrogens is 234 g/mol. The van der Waals surface area contributed by atoms with Gasteiger partial charge in [-0.2, -0.15) is 0 Å². The Bertz CT molecular complexity index is 349. The predicted octanol–water partition coefficient (Wildman–Crippen LogP) is 1.37. The fourth-order valence-corrected chi connectivity index (χ4v) is 1.56. The zero-order valence-corrected chi connectivity index (χ0v) is 11.1. The lowest BCUT2D eigenvalue weighted by Crippen LogP contribution is -2.13. The van der Waals surface area contributed by atoms with E-state index < -0.39 is 0 Å². The Morgan fingerprint density at radius 3 is 2.50 bits per heavy atom. The average molecular weight is 255 g/mol. The van der Waals surface area contributed by atoms with Crippen LogP contribution in [0, 0.1) is 0 Å². The highest BCUT2D eigenvalue weighted by Gasteiger charge is 2.04. The van der Waals surface area contributed by atoms with Crippen LogP contribution in [0.25, 0.3) is 0 Å². The summed E-state index contributed by atoms with van der Waals surface area (Å²) in [7, 11) is 1.64. The van der Waals surface area contributed by atoms with Gasteiger partial charge in [-0.05, 0) is 12.1 Å². The third-order valence-electron chi connectivity index (χ3n) is 2.47. The summed E-state index contributed by atoms with van der Waals surface area (Å²) in [6, 6.07) is 3.68. The Labute approximate surface area is 108 Å². The topological polar surface area (TPSA) is 49.7 Å². The number of carbonyl (C=O) groups excluding carboxylic acids is 1. The van der Waals surface area contributed by atoms with Crippen molar-refractivity contribution in [3.8, 4) is 0 Å². The molecule has 0 aliphatic carbocycles. The van der Waals surface area contributed by atoms with Crippen molar-refractivity contribution in [1.29, 1.82) is 0 Å². The van der Waals surface area contributed by atoms with Crippen molar-refractivity contribution in [2.24, 2.45) is 0 Å². The summed E-state index contributed by atoms with van der Waals surface area (Å²) in [5.74, 6) is 0.0721. The molecule has 0 fully saturated rings. The maximum Gasteiger partial charge on any atom is 0.176 e. The lowest BCUT2D eigenvalue weighted by atomic mass is 10.3. The van der Waals surface area contributed by atoms with Gasteiger partial charge in [-0.3, -0.25) is 4.79 Å². The minimum atomic E-state index is 0.0721. The van der Waals surface area contributed by atoms with Gasteiger partial charge in [0, 0.05) is 26.8 Å². The molecule has 0 bridgehead atoms. The molecule has 0 radical (unpaired) electrons. The second-order valence-electron chi connectivity index (χ2n) is 3.86. The SMILES string of the molecule is COCCOCCOCCn1cccc1C(C)=O. The van der Waals surface area contributed by atoms with Gasteiger partial charge < -0.3 is 18.8 Å².